The van der Waals surface area contributed by atoms with Crippen molar-refractivity contribution in [1.82, 2.24) is 5.32 Å². The summed E-state index contributed by atoms with van der Waals surface area (Å²) >= 11 is 0. The van der Waals surface area contributed by atoms with Crippen LogP contribution in [0.15, 0.2) is 18.2 Å². The maximum atomic E-state index is 13.6. The summed E-state index contributed by atoms with van der Waals surface area (Å²) in [7, 11) is 0. The van der Waals surface area contributed by atoms with Crippen molar-refractivity contribution in [2.45, 2.75) is 31.7 Å². The van der Waals surface area contributed by atoms with E-state index >= 15 is 0 Å². The number of Topliss-reactive ketones (excluding diaryl/α,β-unsaturated/α-hetero) is 1. The van der Waals surface area contributed by atoms with Crippen molar-refractivity contribution in [2.24, 2.45) is 0 Å². The Balaban J connectivity index is 2.33. The van der Waals surface area contributed by atoms with E-state index in [4.69, 9.17) is 0 Å². The molecule has 1 N–H and O–H groups in total. The van der Waals surface area contributed by atoms with Crippen LogP contribution >= 0.6 is 0 Å². The van der Waals surface area contributed by atoms with Gasteiger partial charge in [-0.25, -0.2) is 8.78 Å². The summed E-state index contributed by atoms with van der Waals surface area (Å²) in [6.07, 6.45) is 2.59. The minimum atomic E-state index is -1.05. The van der Waals surface area contributed by atoms with Crippen LogP contribution in [0.1, 0.15) is 36.5 Å². The molecule has 0 spiro atoms. The van der Waals surface area contributed by atoms with Crippen molar-refractivity contribution in [1.29, 1.82) is 0 Å². The van der Waals surface area contributed by atoms with E-state index in [0.29, 0.717) is 6.42 Å². The molecule has 2 rings (SSSR count). The molecule has 1 aromatic carbocycles. The number of benzene rings is 1. The van der Waals surface area contributed by atoms with Crippen molar-refractivity contribution in [3.8, 4) is 0 Å². The summed E-state index contributed by atoms with van der Waals surface area (Å²) in [6.45, 7) is 2.48. The van der Waals surface area contributed by atoms with E-state index in [1.54, 1.807) is 6.92 Å². The van der Waals surface area contributed by atoms with E-state index in [0.717, 1.165) is 25.5 Å². The van der Waals surface area contributed by atoms with Gasteiger partial charge in [-0.05, 0) is 44.9 Å². The van der Waals surface area contributed by atoms with Crippen LogP contribution in [0.4, 0.5) is 8.78 Å². The van der Waals surface area contributed by atoms with Crippen molar-refractivity contribution >= 4 is 5.78 Å². The van der Waals surface area contributed by atoms with E-state index in [1.165, 1.54) is 12.1 Å². The summed E-state index contributed by atoms with van der Waals surface area (Å²) in [6, 6.07) is 3.71. The van der Waals surface area contributed by atoms with E-state index < -0.39 is 17.2 Å². The minimum absolute atomic E-state index is 0.165. The lowest BCUT2D eigenvalue weighted by Crippen LogP contribution is -2.52. The fraction of sp³-hybridized carbons (Fsp3) is 0.462. The van der Waals surface area contributed by atoms with Gasteiger partial charge in [0.05, 0.1) is 11.1 Å². The number of halogens is 2. The minimum Gasteiger partial charge on any atom is -0.305 e. The molecule has 1 aromatic rings. The Kier molecular flexibility index (Phi) is 3.24. The van der Waals surface area contributed by atoms with Crippen LogP contribution in [-0.4, -0.2) is 17.9 Å². The zero-order chi connectivity index (χ0) is 12.5. The average Bonchev–Trinajstić information content (AvgIpc) is 2.33. The molecule has 17 heavy (non-hydrogen) atoms. The SMILES string of the molecule is CC1(C(=O)c2cccc(F)c2F)CCCCN1. The Labute approximate surface area is 99.0 Å². The van der Waals surface area contributed by atoms with E-state index in [2.05, 4.69) is 5.32 Å². The van der Waals surface area contributed by atoms with Crippen LogP contribution < -0.4 is 5.32 Å². The van der Waals surface area contributed by atoms with Crippen molar-refractivity contribution in [3.05, 3.63) is 35.4 Å². The first kappa shape index (κ1) is 12.2. The summed E-state index contributed by atoms with van der Waals surface area (Å²) in [5.41, 5.74) is -0.936. The smallest absolute Gasteiger partial charge is 0.185 e. The monoisotopic (exact) mass is 239 g/mol. The van der Waals surface area contributed by atoms with Gasteiger partial charge in [0.2, 0.25) is 0 Å². The van der Waals surface area contributed by atoms with Crippen molar-refractivity contribution in [2.75, 3.05) is 6.54 Å². The molecule has 1 aliphatic heterocycles. The maximum Gasteiger partial charge on any atom is 0.185 e. The van der Waals surface area contributed by atoms with Crippen molar-refractivity contribution in [3.63, 3.8) is 0 Å². The lowest BCUT2D eigenvalue weighted by Gasteiger charge is -2.33. The molecular formula is C13H15F2NO. The predicted molar refractivity (Wildman–Crippen MR) is 60.9 cm³/mol. The Morgan fingerprint density at radius 1 is 1.35 bits per heavy atom. The number of nitrogens with one attached hydrogen (secondary N) is 1. The second kappa shape index (κ2) is 4.53. The van der Waals surface area contributed by atoms with Gasteiger partial charge in [-0.3, -0.25) is 4.79 Å². The number of hydrogen-bond acceptors (Lipinski definition) is 2. The molecule has 0 aromatic heterocycles. The maximum absolute atomic E-state index is 13.6. The molecule has 1 saturated heterocycles. The van der Waals surface area contributed by atoms with Gasteiger partial charge in [0.15, 0.2) is 17.4 Å². The van der Waals surface area contributed by atoms with Gasteiger partial charge in [-0.2, -0.15) is 0 Å². The molecule has 1 fully saturated rings. The van der Waals surface area contributed by atoms with Crippen LogP contribution in [-0.2, 0) is 0 Å². The highest BCUT2D eigenvalue weighted by Gasteiger charge is 2.36. The first-order chi connectivity index (χ1) is 8.04. The van der Waals surface area contributed by atoms with Gasteiger partial charge in [0.1, 0.15) is 0 Å². The third-order valence-electron chi connectivity index (χ3n) is 3.32. The second-order valence-corrected chi connectivity index (χ2v) is 4.65. The molecule has 1 aliphatic rings. The number of carbonyl (C=O) groups excluding carboxylic acids is 1. The Bertz CT molecular complexity index is 439. The topological polar surface area (TPSA) is 29.1 Å². The molecule has 0 radical (unpaired) electrons. The van der Waals surface area contributed by atoms with E-state index in [9.17, 15) is 13.6 Å². The van der Waals surface area contributed by atoms with Gasteiger partial charge in [0.25, 0.3) is 0 Å². The number of hydrogen-bond donors (Lipinski definition) is 1. The van der Waals surface area contributed by atoms with Crippen LogP contribution in [0, 0.1) is 11.6 Å². The number of carbonyl (C=O) groups is 1. The second-order valence-electron chi connectivity index (χ2n) is 4.65. The van der Waals surface area contributed by atoms with Crippen LogP contribution in [0.2, 0.25) is 0 Å². The Hall–Kier alpha value is -1.29. The lowest BCUT2D eigenvalue weighted by atomic mass is 9.83. The first-order valence-corrected chi connectivity index (χ1v) is 5.78. The van der Waals surface area contributed by atoms with Gasteiger partial charge < -0.3 is 5.32 Å². The standard InChI is InChI=1S/C13H15F2NO/c1-13(7-2-3-8-16-13)12(17)9-5-4-6-10(14)11(9)15/h4-6,16H,2-3,7-8H2,1H3. The average molecular weight is 239 g/mol. The lowest BCUT2D eigenvalue weighted by molar-refractivity contribution is 0.0829. The normalized spacial score (nSPS) is 24.6. The number of piperidine rings is 1. The molecule has 0 aliphatic carbocycles. The van der Waals surface area contributed by atoms with Gasteiger partial charge >= 0.3 is 0 Å². The van der Waals surface area contributed by atoms with Crippen LogP contribution in [0.25, 0.3) is 0 Å². The fourth-order valence-corrected chi connectivity index (χ4v) is 2.23. The molecule has 92 valence electrons. The number of ketones is 1. The third-order valence-corrected chi connectivity index (χ3v) is 3.32. The molecule has 1 atom stereocenters. The third kappa shape index (κ3) is 2.22. The molecule has 0 bridgehead atoms. The highest BCUT2D eigenvalue weighted by molar-refractivity contribution is 6.03. The number of rotatable bonds is 2. The largest absolute Gasteiger partial charge is 0.305 e. The zero-order valence-corrected chi connectivity index (χ0v) is 9.72. The highest BCUT2D eigenvalue weighted by Crippen LogP contribution is 2.25. The summed E-state index contributed by atoms with van der Waals surface area (Å²) in [5.74, 6) is -2.39. The highest BCUT2D eigenvalue weighted by atomic mass is 19.2. The Morgan fingerprint density at radius 3 is 2.76 bits per heavy atom. The first-order valence-electron chi connectivity index (χ1n) is 5.78. The molecule has 0 saturated carbocycles. The summed E-state index contributed by atoms with van der Waals surface area (Å²) in [4.78, 5) is 12.2. The summed E-state index contributed by atoms with van der Waals surface area (Å²) < 4.78 is 26.6. The van der Waals surface area contributed by atoms with E-state index in [1.807, 2.05) is 0 Å². The predicted octanol–water partition coefficient (Wildman–Crippen LogP) is 2.68. The van der Waals surface area contributed by atoms with Gasteiger partial charge in [-0.15, -0.1) is 0 Å². The molecule has 0 amide bonds. The molecule has 2 nitrogen and oxygen atoms in total. The molecule has 1 heterocycles. The summed E-state index contributed by atoms with van der Waals surface area (Å²) in [5, 5.41) is 3.10. The fourth-order valence-electron chi connectivity index (χ4n) is 2.23. The molecule has 4 heteroatoms. The van der Waals surface area contributed by atoms with Crippen LogP contribution in [0.3, 0.4) is 0 Å². The van der Waals surface area contributed by atoms with Crippen molar-refractivity contribution < 1.29 is 13.6 Å². The Morgan fingerprint density at radius 2 is 2.12 bits per heavy atom. The van der Waals surface area contributed by atoms with Gasteiger partial charge in [0, 0.05) is 0 Å². The molecule has 1 unspecified atom stereocenters. The quantitative estimate of drug-likeness (QED) is 0.804. The van der Waals surface area contributed by atoms with Crippen LogP contribution in [0.5, 0.6) is 0 Å². The zero-order valence-electron chi connectivity index (χ0n) is 9.72. The molecular weight excluding hydrogens is 224 g/mol. The van der Waals surface area contributed by atoms with Gasteiger partial charge in [-0.1, -0.05) is 6.07 Å². The van der Waals surface area contributed by atoms with E-state index in [-0.39, 0.29) is 11.3 Å².